The fourth-order valence-corrected chi connectivity index (χ4v) is 9.63. The van der Waals surface area contributed by atoms with Crippen molar-refractivity contribution < 1.29 is 8.98 Å². The van der Waals surface area contributed by atoms with Crippen molar-refractivity contribution in [1.82, 2.24) is 14.1 Å². The summed E-state index contributed by atoms with van der Waals surface area (Å²) in [6.45, 7) is 6.83. The van der Waals surface area contributed by atoms with Gasteiger partial charge in [0.25, 0.3) is 6.33 Å². The molecule has 4 heterocycles. The van der Waals surface area contributed by atoms with Crippen LogP contribution in [-0.4, -0.2) is 14.1 Å². The second kappa shape index (κ2) is 14.8. The van der Waals surface area contributed by atoms with Crippen LogP contribution in [0.15, 0.2) is 205 Å². The van der Waals surface area contributed by atoms with E-state index in [1.165, 1.54) is 33.0 Å². The molecule has 0 fully saturated rings. The molecule has 0 bridgehead atoms. The van der Waals surface area contributed by atoms with Gasteiger partial charge >= 0.3 is 0 Å². The van der Waals surface area contributed by atoms with Crippen molar-refractivity contribution >= 4 is 54.8 Å². The minimum atomic E-state index is 0.0129. The van der Waals surface area contributed by atoms with E-state index in [2.05, 4.69) is 223 Å². The van der Waals surface area contributed by atoms with E-state index in [0.29, 0.717) is 0 Å². The molecule has 0 aliphatic carbocycles. The van der Waals surface area contributed by atoms with Crippen LogP contribution in [0.5, 0.6) is 0 Å². The van der Waals surface area contributed by atoms with E-state index in [1.54, 1.807) is 0 Å². The van der Waals surface area contributed by atoms with Gasteiger partial charge in [-0.2, -0.15) is 0 Å². The van der Waals surface area contributed by atoms with Crippen molar-refractivity contribution in [2.75, 3.05) is 0 Å². The predicted octanol–water partition coefficient (Wildman–Crippen LogP) is 14.3. The van der Waals surface area contributed by atoms with Crippen LogP contribution in [0.2, 0.25) is 0 Å². The van der Waals surface area contributed by atoms with Gasteiger partial charge in [-0.05, 0) is 87.2 Å². The van der Waals surface area contributed by atoms with Gasteiger partial charge in [0.1, 0.15) is 5.58 Å². The number of fused-ring (bicyclic) bond motifs is 7. The molecule has 0 saturated heterocycles. The fraction of sp³-hybridized carbons (Fsp3) is 0.0847. The van der Waals surface area contributed by atoms with E-state index in [0.717, 1.165) is 84.3 Å². The highest BCUT2D eigenvalue weighted by atomic mass is 16.3. The maximum atomic E-state index is 6.53. The molecule has 12 aromatic rings. The fourth-order valence-electron chi connectivity index (χ4n) is 9.63. The summed E-state index contributed by atoms with van der Waals surface area (Å²) in [4.78, 5) is 4.97. The van der Waals surface area contributed by atoms with Crippen molar-refractivity contribution in [1.29, 1.82) is 0 Å². The van der Waals surface area contributed by atoms with Crippen LogP contribution in [0, 0.1) is 6.33 Å². The zero-order valence-electron chi connectivity index (χ0n) is 36.0. The van der Waals surface area contributed by atoms with E-state index in [4.69, 9.17) is 9.40 Å². The van der Waals surface area contributed by atoms with E-state index < -0.39 is 0 Å². The summed E-state index contributed by atoms with van der Waals surface area (Å²) in [5, 5.41) is 4.52. The van der Waals surface area contributed by atoms with Crippen molar-refractivity contribution in [3.05, 3.63) is 223 Å². The lowest BCUT2D eigenvalue weighted by atomic mass is 9.85. The van der Waals surface area contributed by atoms with Gasteiger partial charge in [-0.25, -0.2) is 4.98 Å². The molecule has 0 N–H and O–H groups in total. The molecule has 0 saturated carbocycles. The summed E-state index contributed by atoms with van der Waals surface area (Å²) in [5.74, 6) is 0.793. The molecule has 0 aliphatic heterocycles. The molecule has 0 unspecified atom stereocenters. The van der Waals surface area contributed by atoms with Crippen LogP contribution >= 0.6 is 0 Å². The maximum Gasteiger partial charge on any atom is 0.269 e. The lowest BCUT2D eigenvalue weighted by Crippen LogP contribution is -2.31. The normalized spacial score (nSPS) is 12.0. The number of nitrogens with zero attached hydrogens (tertiary/aromatic N) is 4. The number of imidazole rings is 1. The minimum Gasteiger partial charge on any atom is -0.452 e. The number of para-hydroxylation sites is 5. The monoisotopic (exact) mass is 824 g/mol. The van der Waals surface area contributed by atoms with E-state index in [1.807, 2.05) is 18.3 Å². The topological polar surface area (TPSA) is 39.8 Å². The third kappa shape index (κ3) is 6.23. The molecular formula is C59H44N4O. The maximum absolute atomic E-state index is 6.53. The first-order valence-corrected chi connectivity index (χ1v) is 22.0. The van der Waals surface area contributed by atoms with Gasteiger partial charge in [0.05, 0.1) is 33.4 Å². The molecular weight excluding hydrogens is 781 g/mol. The van der Waals surface area contributed by atoms with Crippen LogP contribution < -0.4 is 4.57 Å². The molecule has 5 nitrogen and oxygen atoms in total. The van der Waals surface area contributed by atoms with Crippen molar-refractivity contribution in [2.45, 2.75) is 32.6 Å². The third-order valence-corrected chi connectivity index (χ3v) is 12.7. The zero-order chi connectivity index (χ0) is 42.9. The summed E-state index contributed by atoms with van der Waals surface area (Å²) in [6, 6.07) is 69.6. The Morgan fingerprint density at radius 2 is 1.23 bits per heavy atom. The zero-order valence-corrected chi connectivity index (χ0v) is 36.0. The first kappa shape index (κ1) is 37.7. The highest BCUT2D eigenvalue weighted by Gasteiger charge is 2.22. The number of rotatable bonds is 7. The van der Waals surface area contributed by atoms with Crippen molar-refractivity contribution in [3.8, 4) is 39.4 Å². The minimum absolute atomic E-state index is 0.0129. The standard InChI is InChI=1S/C59H44N4O/c1-59(2,3)43-20-14-19-42(37-43)46-25-15-24-45(41-17-5-4-6-18-41)56(46)62-38-61(52-27-10-11-28-53(52)62)44-21-13-16-39(35-44)34-40-30-31-48-47-22-7-9-26-51(47)63(54(48)36-40)58-57-50(32-33-60-58)49-23-8-12-29-55(49)64-57/h4-33,35-37H,34H2,1-3H3. The highest BCUT2D eigenvalue weighted by Crippen LogP contribution is 2.39. The largest absolute Gasteiger partial charge is 0.452 e. The van der Waals surface area contributed by atoms with E-state index in [9.17, 15) is 0 Å². The van der Waals surface area contributed by atoms with Crippen LogP contribution in [0.25, 0.3) is 94.2 Å². The van der Waals surface area contributed by atoms with E-state index >= 15 is 0 Å². The van der Waals surface area contributed by atoms with Gasteiger partial charge in [-0.3, -0.25) is 13.7 Å². The Kier molecular flexibility index (Phi) is 8.73. The molecule has 306 valence electrons. The quantitative estimate of drug-likeness (QED) is 0.119. The molecule has 0 radical (unpaired) electrons. The van der Waals surface area contributed by atoms with Gasteiger partial charge in [0.15, 0.2) is 11.4 Å². The molecule has 5 heteroatoms. The molecule has 64 heavy (non-hydrogen) atoms. The highest BCUT2D eigenvalue weighted by molar-refractivity contribution is 6.12. The molecule has 12 rings (SSSR count). The van der Waals surface area contributed by atoms with Gasteiger partial charge in [-0.1, -0.05) is 178 Å². The second-order valence-electron chi connectivity index (χ2n) is 17.8. The Labute approximate surface area is 371 Å². The third-order valence-electron chi connectivity index (χ3n) is 12.7. The average Bonchev–Trinajstić information content (AvgIpc) is 4.01. The van der Waals surface area contributed by atoms with Gasteiger partial charge in [0, 0.05) is 27.7 Å². The number of pyridine rings is 1. The Bertz CT molecular complexity index is 3750. The Balaban J connectivity index is 0.983. The Morgan fingerprint density at radius 3 is 2.09 bits per heavy atom. The number of hydrogen-bond acceptors (Lipinski definition) is 2. The smallest absolute Gasteiger partial charge is 0.269 e. The van der Waals surface area contributed by atoms with Crippen molar-refractivity contribution in [3.63, 3.8) is 0 Å². The Hall–Kier alpha value is -8.02. The van der Waals surface area contributed by atoms with E-state index in [-0.39, 0.29) is 5.41 Å². The molecule has 0 aliphatic rings. The molecule has 8 aromatic carbocycles. The average molecular weight is 825 g/mol. The molecule has 4 aromatic heterocycles. The Morgan fingerprint density at radius 1 is 0.547 bits per heavy atom. The number of benzene rings is 8. The first-order valence-electron chi connectivity index (χ1n) is 22.0. The van der Waals surface area contributed by atoms with Crippen LogP contribution in [-0.2, 0) is 11.8 Å². The van der Waals surface area contributed by atoms with Crippen molar-refractivity contribution in [2.24, 2.45) is 0 Å². The SMILES string of the molecule is CC(C)(C)c1cccc(-c2cccc(-c3ccccc3)c2-[n+]2[c-]n(-c3cccc(Cc4ccc5c6ccccc6n(-c6nccc7c6oc6ccccc67)c5c4)c3)c3ccccc32)c1. The lowest BCUT2D eigenvalue weighted by molar-refractivity contribution is -0.571. The lowest BCUT2D eigenvalue weighted by Gasteiger charge is -2.21. The summed E-state index contributed by atoms with van der Waals surface area (Å²) in [6.07, 6.45) is 6.53. The number of furan rings is 1. The summed E-state index contributed by atoms with van der Waals surface area (Å²) in [5.41, 5.74) is 16.5. The summed E-state index contributed by atoms with van der Waals surface area (Å²) < 4.78 is 13.3. The van der Waals surface area contributed by atoms with Crippen LogP contribution in [0.4, 0.5) is 0 Å². The molecule has 0 spiro atoms. The van der Waals surface area contributed by atoms with Crippen LogP contribution in [0.3, 0.4) is 0 Å². The predicted molar refractivity (Wildman–Crippen MR) is 262 cm³/mol. The molecule has 0 atom stereocenters. The van der Waals surface area contributed by atoms with Gasteiger partial charge in [-0.15, -0.1) is 0 Å². The second-order valence-corrected chi connectivity index (χ2v) is 17.8. The molecule has 0 amide bonds. The van der Waals surface area contributed by atoms with Gasteiger partial charge < -0.3 is 4.42 Å². The summed E-state index contributed by atoms with van der Waals surface area (Å²) >= 11 is 0. The van der Waals surface area contributed by atoms with Crippen LogP contribution in [0.1, 0.15) is 37.5 Å². The number of hydrogen-bond donors (Lipinski definition) is 0. The summed E-state index contributed by atoms with van der Waals surface area (Å²) in [7, 11) is 0. The van der Waals surface area contributed by atoms with Gasteiger partial charge in [0.2, 0.25) is 0 Å². The first-order chi connectivity index (χ1) is 31.4. The number of aromatic nitrogens is 4.